The summed E-state index contributed by atoms with van der Waals surface area (Å²) in [6.45, 7) is 5.82. The molecule has 0 aliphatic carbocycles. The van der Waals surface area contributed by atoms with E-state index in [2.05, 4.69) is 0 Å². The van der Waals surface area contributed by atoms with Gasteiger partial charge in [-0.3, -0.25) is 5.32 Å². The number of ether oxygens (including phenoxy) is 1. The van der Waals surface area contributed by atoms with Crippen molar-refractivity contribution in [3.05, 3.63) is 0 Å². The van der Waals surface area contributed by atoms with Crippen LogP contribution in [0.25, 0.3) is 0 Å². The Morgan fingerprint density at radius 2 is 1.64 bits per heavy atom. The van der Waals surface area contributed by atoms with Crippen LogP contribution < -0.4 is 5.32 Å². The fourth-order valence-corrected chi connectivity index (χ4v) is 0.556. The molecule has 0 spiro atoms. The molecule has 0 heterocycles. The summed E-state index contributed by atoms with van der Waals surface area (Å²) in [5.41, 5.74) is -3.05. The second-order valence-corrected chi connectivity index (χ2v) is 4.00. The number of alkyl carbamates (subject to hydrolysis) is 1. The number of rotatable bonds is 2. The fraction of sp³-hybridized carbons (Fsp3) is 0.750. The van der Waals surface area contributed by atoms with Crippen molar-refractivity contribution in [2.45, 2.75) is 39.0 Å². The molecule has 1 unspecified atom stereocenters. The minimum absolute atomic E-state index is 0.737. The number of carbonyl (C=O) groups excluding carboxylic acids is 1. The van der Waals surface area contributed by atoms with E-state index in [1.165, 1.54) is 0 Å². The van der Waals surface area contributed by atoms with Crippen molar-refractivity contribution in [1.29, 1.82) is 0 Å². The number of aliphatic hydroxyl groups is 1. The van der Waals surface area contributed by atoms with Gasteiger partial charge in [-0.1, -0.05) is 0 Å². The number of hydrogen-bond acceptors (Lipinski definition) is 4. The van der Waals surface area contributed by atoms with Crippen LogP contribution in [-0.2, 0) is 9.53 Å². The maximum atomic E-state index is 11.0. The maximum Gasteiger partial charge on any atom is 0.410 e. The van der Waals surface area contributed by atoms with Crippen molar-refractivity contribution in [1.82, 2.24) is 5.32 Å². The zero-order valence-electron chi connectivity index (χ0n) is 8.62. The standard InChI is InChI=1S/C8H15NO5/c1-7(2,3)14-6(12)9-8(4,13)5(10)11/h13H,1-4H3,(H,9,12)(H,10,11). The Labute approximate surface area is 81.9 Å². The zero-order chi connectivity index (χ0) is 11.6. The molecule has 3 N–H and O–H groups in total. The van der Waals surface area contributed by atoms with Crippen molar-refractivity contribution in [2.24, 2.45) is 0 Å². The monoisotopic (exact) mass is 205 g/mol. The molecule has 0 aliphatic rings. The molecule has 0 aliphatic heterocycles. The van der Waals surface area contributed by atoms with Gasteiger partial charge >= 0.3 is 12.1 Å². The molecule has 0 radical (unpaired) electrons. The molecule has 1 atom stereocenters. The number of aliphatic carboxylic acids is 1. The quantitative estimate of drug-likeness (QED) is 0.563. The predicted molar refractivity (Wildman–Crippen MR) is 47.6 cm³/mol. The average molecular weight is 205 g/mol. The Kier molecular flexibility index (Phi) is 3.47. The van der Waals surface area contributed by atoms with E-state index in [4.69, 9.17) is 14.9 Å². The Morgan fingerprint density at radius 3 is 1.93 bits per heavy atom. The van der Waals surface area contributed by atoms with Gasteiger partial charge in [0, 0.05) is 0 Å². The molecule has 14 heavy (non-hydrogen) atoms. The molecule has 0 saturated carbocycles. The lowest BCUT2D eigenvalue weighted by molar-refractivity contribution is -0.159. The molecule has 6 heteroatoms. The summed E-state index contributed by atoms with van der Waals surface area (Å²) in [6.07, 6.45) is -0.982. The molecule has 0 aromatic rings. The average Bonchev–Trinajstić information content (AvgIpc) is 1.79. The first-order chi connectivity index (χ1) is 6.04. The van der Waals surface area contributed by atoms with Crippen LogP contribution in [0.5, 0.6) is 0 Å². The fourth-order valence-electron chi connectivity index (χ4n) is 0.556. The molecule has 0 saturated heterocycles. The number of hydrogen-bond donors (Lipinski definition) is 3. The number of carboxylic acids is 1. The normalized spacial score (nSPS) is 15.5. The van der Waals surface area contributed by atoms with Crippen molar-refractivity contribution < 1.29 is 24.5 Å². The molecule has 0 aromatic heterocycles. The lowest BCUT2D eigenvalue weighted by atomic mass is 10.2. The molecule has 0 rings (SSSR count). The highest BCUT2D eigenvalue weighted by Crippen LogP contribution is 2.08. The van der Waals surface area contributed by atoms with Crippen LogP contribution in [-0.4, -0.2) is 33.6 Å². The van der Waals surface area contributed by atoms with Crippen LogP contribution in [0.1, 0.15) is 27.7 Å². The molecular weight excluding hydrogens is 190 g/mol. The van der Waals surface area contributed by atoms with E-state index in [1.807, 2.05) is 5.32 Å². The van der Waals surface area contributed by atoms with Crippen molar-refractivity contribution in [3.63, 3.8) is 0 Å². The third-order valence-corrected chi connectivity index (χ3v) is 1.16. The van der Waals surface area contributed by atoms with E-state index >= 15 is 0 Å². The van der Waals surface area contributed by atoms with Gasteiger partial charge in [-0.15, -0.1) is 0 Å². The third kappa shape index (κ3) is 4.66. The number of carbonyl (C=O) groups is 2. The second kappa shape index (κ2) is 3.83. The van der Waals surface area contributed by atoms with Gasteiger partial charge in [-0.25, -0.2) is 9.59 Å². The molecule has 0 fully saturated rings. The van der Waals surface area contributed by atoms with E-state index in [1.54, 1.807) is 20.8 Å². The Morgan fingerprint density at radius 1 is 1.21 bits per heavy atom. The zero-order valence-corrected chi connectivity index (χ0v) is 8.62. The number of carboxylic acid groups (broad SMARTS) is 1. The molecule has 0 bridgehead atoms. The van der Waals surface area contributed by atoms with Crippen LogP contribution in [0.15, 0.2) is 0 Å². The molecule has 6 nitrogen and oxygen atoms in total. The first kappa shape index (κ1) is 12.7. The van der Waals surface area contributed by atoms with Crippen LogP contribution in [0, 0.1) is 0 Å². The van der Waals surface area contributed by atoms with Gasteiger partial charge < -0.3 is 14.9 Å². The SMILES string of the molecule is CC(C)(C)OC(=O)NC(C)(O)C(=O)O. The topological polar surface area (TPSA) is 95.9 Å². The largest absolute Gasteiger partial charge is 0.478 e. The highest BCUT2D eigenvalue weighted by Gasteiger charge is 2.33. The highest BCUT2D eigenvalue weighted by atomic mass is 16.6. The van der Waals surface area contributed by atoms with Crippen LogP contribution >= 0.6 is 0 Å². The molecule has 0 aromatic carbocycles. The maximum absolute atomic E-state index is 11.0. The van der Waals surface area contributed by atoms with Crippen LogP contribution in [0.2, 0.25) is 0 Å². The Bertz CT molecular complexity index is 241. The van der Waals surface area contributed by atoms with Gasteiger partial charge in [-0.05, 0) is 27.7 Å². The van der Waals surface area contributed by atoms with Crippen LogP contribution in [0.3, 0.4) is 0 Å². The van der Waals surface area contributed by atoms with Crippen molar-refractivity contribution in [3.8, 4) is 0 Å². The Hall–Kier alpha value is -1.30. The van der Waals surface area contributed by atoms with E-state index in [-0.39, 0.29) is 0 Å². The van der Waals surface area contributed by atoms with E-state index in [0.29, 0.717) is 0 Å². The summed E-state index contributed by atoms with van der Waals surface area (Å²) in [6, 6.07) is 0. The third-order valence-electron chi connectivity index (χ3n) is 1.16. The predicted octanol–water partition coefficient (Wildman–Crippen LogP) is 0.304. The smallest absolute Gasteiger partial charge is 0.410 e. The molecule has 1 amide bonds. The lowest BCUT2D eigenvalue weighted by Crippen LogP contribution is -2.53. The van der Waals surface area contributed by atoms with Crippen LogP contribution in [0.4, 0.5) is 4.79 Å². The highest BCUT2D eigenvalue weighted by molar-refractivity contribution is 5.82. The van der Waals surface area contributed by atoms with E-state index < -0.39 is 23.4 Å². The summed E-state index contributed by atoms with van der Waals surface area (Å²) >= 11 is 0. The summed E-state index contributed by atoms with van der Waals surface area (Å²) in [5.74, 6) is -1.55. The minimum atomic E-state index is -2.32. The minimum Gasteiger partial charge on any atom is -0.478 e. The first-order valence-corrected chi connectivity index (χ1v) is 4.01. The van der Waals surface area contributed by atoms with Gasteiger partial charge in [0.05, 0.1) is 0 Å². The summed E-state index contributed by atoms with van der Waals surface area (Å²) in [4.78, 5) is 21.4. The number of nitrogens with one attached hydrogen (secondary N) is 1. The van der Waals surface area contributed by atoms with Gasteiger partial charge in [0.15, 0.2) is 0 Å². The van der Waals surface area contributed by atoms with Gasteiger partial charge in [0.2, 0.25) is 5.72 Å². The molecule has 82 valence electrons. The van der Waals surface area contributed by atoms with Crippen molar-refractivity contribution in [2.75, 3.05) is 0 Å². The van der Waals surface area contributed by atoms with Gasteiger partial charge in [-0.2, -0.15) is 0 Å². The second-order valence-electron chi connectivity index (χ2n) is 4.00. The van der Waals surface area contributed by atoms with Gasteiger partial charge in [0.25, 0.3) is 0 Å². The summed E-state index contributed by atoms with van der Waals surface area (Å²) in [5, 5.41) is 19.4. The summed E-state index contributed by atoms with van der Waals surface area (Å²) in [7, 11) is 0. The molecular formula is C8H15NO5. The first-order valence-electron chi connectivity index (χ1n) is 4.01. The van der Waals surface area contributed by atoms with Crippen molar-refractivity contribution >= 4 is 12.1 Å². The van der Waals surface area contributed by atoms with Gasteiger partial charge in [0.1, 0.15) is 5.60 Å². The van der Waals surface area contributed by atoms with E-state index in [9.17, 15) is 9.59 Å². The Balaban J connectivity index is 4.27. The lowest BCUT2D eigenvalue weighted by Gasteiger charge is -2.24. The number of amides is 1. The van der Waals surface area contributed by atoms with E-state index in [0.717, 1.165) is 6.92 Å². The summed E-state index contributed by atoms with van der Waals surface area (Å²) < 4.78 is 4.75.